The summed E-state index contributed by atoms with van der Waals surface area (Å²) in [7, 11) is 2.38. The van der Waals surface area contributed by atoms with Gasteiger partial charge in [-0.3, -0.25) is 25.8 Å². The Morgan fingerprint density at radius 3 is 1.88 bits per heavy atom. The maximum atomic E-state index is 5.65. The highest BCUT2D eigenvalue weighted by Gasteiger charge is 2.43. The van der Waals surface area contributed by atoms with Gasteiger partial charge in [-0.2, -0.15) is 0 Å². The molecule has 1 saturated carbocycles. The second-order valence-corrected chi connectivity index (χ2v) is 17.3. The summed E-state index contributed by atoms with van der Waals surface area (Å²) in [6.45, 7) is 27.6. The summed E-state index contributed by atoms with van der Waals surface area (Å²) >= 11 is 0. The van der Waals surface area contributed by atoms with E-state index >= 15 is 0 Å². The van der Waals surface area contributed by atoms with E-state index in [4.69, 9.17) is 4.74 Å². The lowest BCUT2D eigenvalue weighted by Gasteiger charge is -2.53. The summed E-state index contributed by atoms with van der Waals surface area (Å²) in [5.74, 6) is 0. The number of nitrogens with zero attached hydrogens (tertiary/aromatic N) is 3. The molecule has 3 atom stereocenters. The topological polar surface area (TPSA) is 67.1 Å². The van der Waals surface area contributed by atoms with Gasteiger partial charge in [0.25, 0.3) is 0 Å². The molecule has 42 heavy (non-hydrogen) atoms. The van der Waals surface area contributed by atoms with Crippen LogP contribution < -0.4 is 21.3 Å². The molecule has 0 spiro atoms. The lowest BCUT2D eigenvalue weighted by Crippen LogP contribution is -2.77. The Kier molecular flexibility index (Phi) is 11.5. The Balaban J connectivity index is 1.33. The Bertz CT molecular complexity index is 808. The van der Waals surface area contributed by atoms with Gasteiger partial charge in [-0.15, -0.1) is 0 Å². The SMILES string of the molecule is CC1NC(N2CCOCC2)NC(N(CCCCCCN(C)C2CC(C)(C)CC(C)(C)C2)C2CC(C)(C)NC(C)(C)C2)N1. The molecule has 0 aromatic heterocycles. The van der Waals surface area contributed by atoms with Crippen LogP contribution in [-0.2, 0) is 4.74 Å². The maximum Gasteiger partial charge on any atom is 0.118 e. The molecule has 8 nitrogen and oxygen atoms in total. The number of rotatable bonds is 11. The van der Waals surface area contributed by atoms with Crippen molar-refractivity contribution in [3.63, 3.8) is 0 Å². The molecule has 4 N–H and O–H groups in total. The van der Waals surface area contributed by atoms with E-state index in [0.29, 0.717) is 16.9 Å². The minimum atomic E-state index is 0.125. The van der Waals surface area contributed by atoms with E-state index in [1.165, 1.54) is 64.3 Å². The maximum absolute atomic E-state index is 5.65. The van der Waals surface area contributed by atoms with Crippen LogP contribution in [0, 0.1) is 10.8 Å². The Morgan fingerprint density at radius 2 is 1.29 bits per heavy atom. The van der Waals surface area contributed by atoms with E-state index in [-0.39, 0.29) is 29.8 Å². The monoisotopic (exact) mass is 592 g/mol. The quantitative estimate of drug-likeness (QED) is 0.258. The largest absolute Gasteiger partial charge is 0.379 e. The van der Waals surface area contributed by atoms with Gasteiger partial charge in [-0.25, -0.2) is 0 Å². The zero-order chi connectivity index (χ0) is 30.8. The molecule has 8 heteroatoms. The average Bonchev–Trinajstić information content (AvgIpc) is 2.84. The fraction of sp³-hybridized carbons (Fsp3) is 1.00. The number of hydrogen-bond acceptors (Lipinski definition) is 8. The van der Waals surface area contributed by atoms with Crippen LogP contribution in [0.1, 0.15) is 120 Å². The molecule has 0 aromatic carbocycles. The van der Waals surface area contributed by atoms with Gasteiger partial charge in [-0.05, 0) is 104 Å². The minimum absolute atomic E-state index is 0.125. The van der Waals surface area contributed by atoms with E-state index in [0.717, 1.165) is 38.9 Å². The van der Waals surface area contributed by atoms with E-state index < -0.39 is 0 Å². The standard InChI is InChI=1S/C34H69N7O/c1-26-35-29(40-17-19-42-20-18-40)37-30(36-26)41(28-23-33(6,7)38-34(8,9)24-28)16-14-12-11-13-15-39(10)27-21-31(2,3)25-32(4,5)22-27/h26-30,35-38H,11-25H2,1-10H3. The highest BCUT2D eigenvalue weighted by Crippen LogP contribution is 2.47. The molecule has 4 rings (SSSR count). The third-order valence-electron chi connectivity index (χ3n) is 10.3. The fourth-order valence-electron chi connectivity index (χ4n) is 9.32. The number of morpholine rings is 1. The molecule has 3 aliphatic heterocycles. The smallest absolute Gasteiger partial charge is 0.118 e. The van der Waals surface area contributed by atoms with Crippen molar-refractivity contribution in [2.75, 3.05) is 46.4 Å². The van der Waals surface area contributed by atoms with Gasteiger partial charge in [-0.1, -0.05) is 40.5 Å². The molecule has 4 fully saturated rings. The summed E-state index contributed by atoms with van der Waals surface area (Å²) in [5.41, 5.74) is 1.16. The van der Waals surface area contributed by atoms with Crippen LogP contribution in [-0.4, -0.2) is 103 Å². The number of ether oxygens (including phenoxy) is 1. The van der Waals surface area contributed by atoms with Crippen molar-refractivity contribution in [2.45, 2.75) is 162 Å². The van der Waals surface area contributed by atoms with E-state index in [1.807, 2.05) is 0 Å². The average molecular weight is 592 g/mol. The van der Waals surface area contributed by atoms with Crippen molar-refractivity contribution in [1.82, 2.24) is 36.0 Å². The first-order valence-corrected chi connectivity index (χ1v) is 17.4. The molecule has 0 bridgehead atoms. The second kappa shape index (κ2) is 14.0. The summed E-state index contributed by atoms with van der Waals surface area (Å²) < 4.78 is 5.65. The third-order valence-corrected chi connectivity index (χ3v) is 10.3. The number of piperidine rings is 1. The lowest BCUT2D eigenvalue weighted by atomic mass is 9.63. The second-order valence-electron chi connectivity index (χ2n) is 17.3. The van der Waals surface area contributed by atoms with Gasteiger partial charge in [0.15, 0.2) is 0 Å². The predicted octanol–water partition coefficient (Wildman–Crippen LogP) is 4.72. The van der Waals surface area contributed by atoms with Crippen LogP contribution in [0.15, 0.2) is 0 Å². The molecular weight excluding hydrogens is 522 g/mol. The Morgan fingerprint density at radius 1 is 0.714 bits per heavy atom. The van der Waals surface area contributed by atoms with Crippen LogP contribution in [0.3, 0.4) is 0 Å². The van der Waals surface area contributed by atoms with Crippen molar-refractivity contribution < 1.29 is 4.74 Å². The minimum Gasteiger partial charge on any atom is -0.379 e. The van der Waals surface area contributed by atoms with Crippen LogP contribution in [0.5, 0.6) is 0 Å². The molecular formula is C34H69N7O. The highest BCUT2D eigenvalue weighted by molar-refractivity contribution is 5.01. The lowest BCUT2D eigenvalue weighted by molar-refractivity contribution is -0.0610. The summed E-state index contributed by atoms with van der Waals surface area (Å²) in [4.78, 5) is 7.98. The van der Waals surface area contributed by atoms with Crippen molar-refractivity contribution in [3.8, 4) is 0 Å². The third kappa shape index (κ3) is 10.1. The van der Waals surface area contributed by atoms with Crippen LogP contribution in [0.4, 0.5) is 0 Å². The molecule has 3 heterocycles. The molecule has 1 aliphatic carbocycles. The van der Waals surface area contributed by atoms with Gasteiger partial charge >= 0.3 is 0 Å². The summed E-state index contributed by atoms with van der Waals surface area (Å²) in [6, 6.07) is 1.25. The molecule has 4 aliphatic rings. The van der Waals surface area contributed by atoms with Gasteiger partial charge < -0.3 is 15.0 Å². The van der Waals surface area contributed by atoms with E-state index in [9.17, 15) is 0 Å². The van der Waals surface area contributed by atoms with Gasteiger partial charge in [0, 0.05) is 42.8 Å². The van der Waals surface area contributed by atoms with Gasteiger partial charge in [0.05, 0.1) is 19.4 Å². The summed E-state index contributed by atoms with van der Waals surface area (Å²) in [5, 5.41) is 15.5. The van der Waals surface area contributed by atoms with Crippen molar-refractivity contribution in [2.24, 2.45) is 10.8 Å². The first-order chi connectivity index (χ1) is 19.5. The Hall–Kier alpha value is -0.320. The normalized spacial score (nSPS) is 32.4. The molecule has 0 aromatic rings. The zero-order valence-corrected chi connectivity index (χ0v) is 29.2. The molecule has 3 unspecified atom stereocenters. The molecule has 246 valence electrons. The molecule has 3 saturated heterocycles. The number of unbranched alkanes of at least 4 members (excludes halogenated alkanes) is 3. The zero-order valence-electron chi connectivity index (χ0n) is 29.2. The number of nitrogens with one attached hydrogen (secondary N) is 4. The van der Waals surface area contributed by atoms with E-state index in [1.54, 1.807) is 0 Å². The molecule has 0 radical (unpaired) electrons. The van der Waals surface area contributed by atoms with Crippen LogP contribution >= 0.6 is 0 Å². The van der Waals surface area contributed by atoms with Crippen LogP contribution in [0.2, 0.25) is 0 Å². The van der Waals surface area contributed by atoms with Gasteiger partial charge in [0.1, 0.15) is 12.6 Å². The van der Waals surface area contributed by atoms with E-state index in [2.05, 4.69) is 105 Å². The Labute approximate surface area is 259 Å². The fourth-order valence-corrected chi connectivity index (χ4v) is 9.32. The molecule has 0 amide bonds. The van der Waals surface area contributed by atoms with Crippen molar-refractivity contribution >= 4 is 0 Å². The van der Waals surface area contributed by atoms with Crippen molar-refractivity contribution in [3.05, 3.63) is 0 Å². The first kappa shape index (κ1) is 34.6. The predicted molar refractivity (Wildman–Crippen MR) is 176 cm³/mol. The van der Waals surface area contributed by atoms with Gasteiger partial charge in [0.2, 0.25) is 0 Å². The van der Waals surface area contributed by atoms with Crippen molar-refractivity contribution in [1.29, 1.82) is 0 Å². The summed E-state index contributed by atoms with van der Waals surface area (Å²) in [6.07, 6.45) is 12.1. The first-order valence-electron chi connectivity index (χ1n) is 17.4. The van der Waals surface area contributed by atoms with Crippen LogP contribution in [0.25, 0.3) is 0 Å². The number of hydrogen-bond donors (Lipinski definition) is 4. The highest BCUT2D eigenvalue weighted by atomic mass is 16.5.